The maximum atomic E-state index is 10.8. The Labute approximate surface area is 160 Å². The molecule has 140 valence electrons. The minimum absolute atomic E-state index is 0.0764. The first kappa shape index (κ1) is 18.9. The van der Waals surface area contributed by atoms with Crippen LogP contribution in [-0.2, 0) is 17.1 Å². The molecule has 0 aliphatic carbocycles. The van der Waals surface area contributed by atoms with Crippen LogP contribution in [0.5, 0.6) is 5.75 Å². The Morgan fingerprint density at radius 3 is 2.37 bits per heavy atom. The van der Waals surface area contributed by atoms with Crippen molar-refractivity contribution in [1.82, 2.24) is 14.8 Å². The molecule has 0 saturated heterocycles. The van der Waals surface area contributed by atoms with Crippen molar-refractivity contribution in [3.8, 4) is 11.4 Å². The molecule has 0 atom stereocenters. The zero-order chi connectivity index (χ0) is 19.2. The van der Waals surface area contributed by atoms with Crippen LogP contribution in [0.15, 0.2) is 53.7 Å². The number of rotatable bonds is 8. The second kappa shape index (κ2) is 8.65. The predicted molar refractivity (Wildman–Crippen MR) is 101 cm³/mol. The summed E-state index contributed by atoms with van der Waals surface area (Å²) in [6, 6.07) is 14.1. The summed E-state index contributed by atoms with van der Waals surface area (Å²) in [4.78, 5) is 10.4. The fourth-order valence-electron chi connectivity index (χ4n) is 2.47. The summed E-state index contributed by atoms with van der Waals surface area (Å²) < 4.78 is 12.4. The van der Waals surface area contributed by atoms with Crippen molar-refractivity contribution in [2.45, 2.75) is 17.5 Å². The van der Waals surface area contributed by atoms with Crippen LogP contribution in [0.1, 0.15) is 11.4 Å². The van der Waals surface area contributed by atoms with E-state index in [1.807, 2.05) is 28.8 Å². The molecule has 9 heteroatoms. The average molecular weight is 386 g/mol. The molecule has 0 amide bonds. The molecule has 3 aromatic rings. The molecule has 0 fully saturated rings. The van der Waals surface area contributed by atoms with E-state index in [9.17, 15) is 10.1 Å². The van der Waals surface area contributed by atoms with Crippen LogP contribution in [0.25, 0.3) is 5.69 Å². The first-order valence-electron chi connectivity index (χ1n) is 8.06. The number of non-ortho nitro benzene ring substituents is 1. The molecule has 0 unspecified atom stereocenters. The quantitative estimate of drug-likeness (QED) is 0.332. The summed E-state index contributed by atoms with van der Waals surface area (Å²) in [6.45, 7) is 0.330. The van der Waals surface area contributed by atoms with Gasteiger partial charge in [0.05, 0.1) is 12.0 Å². The second-order valence-electron chi connectivity index (χ2n) is 5.58. The number of ether oxygens (including phenoxy) is 2. The molecule has 0 aliphatic heterocycles. The van der Waals surface area contributed by atoms with Crippen molar-refractivity contribution in [3.63, 3.8) is 0 Å². The van der Waals surface area contributed by atoms with E-state index >= 15 is 0 Å². The third-order valence-corrected chi connectivity index (χ3v) is 4.82. The van der Waals surface area contributed by atoms with Gasteiger partial charge in [-0.2, -0.15) is 0 Å². The lowest BCUT2D eigenvalue weighted by molar-refractivity contribution is -0.384. The highest BCUT2D eigenvalue weighted by Gasteiger charge is 2.15. The molecule has 0 spiro atoms. The van der Waals surface area contributed by atoms with Gasteiger partial charge in [0.2, 0.25) is 0 Å². The third-order valence-electron chi connectivity index (χ3n) is 3.82. The highest BCUT2D eigenvalue weighted by molar-refractivity contribution is 7.98. The van der Waals surface area contributed by atoms with E-state index in [-0.39, 0.29) is 5.69 Å². The summed E-state index contributed by atoms with van der Waals surface area (Å²) in [5.41, 5.74) is 1.94. The van der Waals surface area contributed by atoms with Crippen LogP contribution in [0, 0.1) is 10.1 Å². The summed E-state index contributed by atoms with van der Waals surface area (Å²) in [6.07, 6.45) is 0. The normalized spacial score (nSPS) is 10.7. The van der Waals surface area contributed by atoms with Gasteiger partial charge in [0, 0.05) is 30.7 Å². The molecule has 2 aromatic carbocycles. The number of methoxy groups -OCH3 is 2. The number of aromatic nitrogens is 3. The van der Waals surface area contributed by atoms with Crippen LogP contribution in [-0.4, -0.2) is 33.9 Å². The second-order valence-corrected chi connectivity index (χ2v) is 6.52. The lowest BCUT2D eigenvalue weighted by Gasteiger charge is -2.10. The largest absolute Gasteiger partial charge is 0.497 e. The maximum absolute atomic E-state index is 10.8. The monoisotopic (exact) mass is 386 g/mol. The van der Waals surface area contributed by atoms with Crippen molar-refractivity contribution in [1.29, 1.82) is 0 Å². The van der Waals surface area contributed by atoms with E-state index in [0.717, 1.165) is 17.0 Å². The lowest BCUT2D eigenvalue weighted by Crippen LogP contribution is -2.04. The van der Waals surface area contributed by atoms with Gasteiger partial charge in [0.25, 0.3) is 5.69 Å². The summed E-state index contributed by atoms with van der Waals surface area (Å²) >= 11 is 1.50. The minimum Gasteiger partial charge on any atom is -0.497 e. The minimum atomic E-state index is -0.408. The van der Waals surface area contributed by atoms with E-state index in [1.165, 1.54) is 23.9 Å². The van der Waals surface area contributed by atoms with Gasteiger partial charge < -0.3 is 9.47 Å². The maximum Gasteiger partial charge on any atom is 0.269 e. The van der Waals surface area contributed by atoms with E-state index in [2.05, 4.69) is 10.2 Å². The predicted octanol–water partition coefficient (Wildman–Crippen LogP) is 3.62. The number of nitro groups is 1. The van der Waals surface area contributed by atoms with Crippen molar-refractivity contribution >= 4 is 17.4 Å². The number of nitro benzene ring substituents is 1. The zero-order valence-electron chi connectivity index (χ0n) is 14.9. The fourth-order valence-corrected chi connectivity index (χ4v) is 3.40. The molecule has 8 nitrogen and oxygen atoms in total. The third kappa shape index (κ3) is 4.44. The van der Waals surface area contributed by atoms with Crippen LogP contribution in [0.3, 0.4) is 0 Å². The Bertz CT molecular complexity index is 910. The Hall–Kier alpha value is -2.91. The molecule has 0 bridgehead atoms. The van der Waals surface area contributed by atoms with Gasteiger partial charge in [-0.05, 0) is 29.8 Å². The molecule has 0 aliphatic rings. The first-order chi connectivity index (χ1) is 13.1. The summed E-state index contributed by atoms with van der Waals surface area (Å²) in [5, 5.41) is 20.0. The van der Waals surface area contributed by atoms with Gasteiger partial charge in [0.1, 0.15) is 12.4 Å². The number of hydrogen-bond acceptors (Lipinski definition) is 7. The first-order valence-corrected chi connectivity index (χ1v) is 9.04. The Balaban J connectivity index is 1.83. The average Bonchev–Trinajstić information content (AvgIpc) is 3.09. The van der Waals surface area contributed by atoms with Crippen LogP contribution < -0.4 is 4.74 Å². The van der Waals surface area contributed by atoms with Gasteiger partial charge in [0.15, 0.2) is 11.0 Å². The molecule has 0 saturated carbocycles. The standard InChI is InChI=1S/C18H18N4O4S/c1-25-11-17-19-20-18(21(17)14-7-9-16(26-2)10-8-14)27-12-13-3-5-15(6-4-13)22(23)24/h3-10H,11-12H2,1-2H3. The van der Waals surface area contributed by atoms with Crippen LogP contribution >= 0.6 is 11.8 Å². The summed E-state index contributed by atoms with van der Waals surface area (Å²) in [7, 11) is 3.23. The van der Waals surface area contributed by atoms with E-state index in [4.69, 9.17) is 9.47 Å². The topological polar surface area (TPSA) is 92.3 Å². The Morgan fingerprint density at radius 1 is 1.07 bits per heavy atom. The number of thioether (sulfide) groups is 1. The van der Waals surface area contributed by atoms with Crippen molar-refractivity contribution < 1.29 is 14.4 Å². The van der Waals surface area contributed by atoms with Crippen LogP contribution in [0.4, 0.5) is 5.69 Å². The zero-order valence-corrected chi connectivity index (χ0v) is 15.7. The van der Waals surface area contributed by atoms with Gasteiger partial charge in [-0.25, -0.2) is 0 Å². The van der Waals surface area contributed by atoms with Gasteiger partial charge in [-0.15, -0.1) is 10.2 Å². The summed E-state index contributed by atoms with van der Waals surface area (Å²) in [5.74, 6) is 2.06. The van der Waals surface area contributed by atoms with Crippen molar-refractivity contribution in [3.05, 3.63) is 70.0 Å². The van der Waals surface area contributed by atoms with Crippen LogP contribution in [0.2, 0.25) is 0 Å². The highest BCUT2D eigenvalue weighted by atomic mass is 32.2. The van der Waals surface area contributed by atoms with E-state index < -0.39 is 4.92 Å². The molecule has 27 heavy (non-hydrogen) atoms. The van der Waals surface area contributed by atoms with E-state index in [1.54, 1.807) is 26.4 Å². The number of nitrogens with zero attached hydrogens (tertiary/aromatic N) is 4. The molecular weight excluding hydrogens is 368 g/mol. The van der Waals surface area contributed by atoms with Crippen molar-refractivity contribution in [2.75, 3.05) is 14.2 Å². The van der Waals surface area contributed by atoms with Gasteiger partial charge in [-0.3, -0.25) is 14.7 Å². The molecule has 0 radical (unpaired) electrons. The van der Waals surface area contributed by atoms with Gasteiger partial charge >= 0.3 is 0 Å². The Kier molecular flexibility index (Phi) is 6.05. The number of benzene rings is 2. The molecular formula is C18H18N4O4S. The smallest absolute Gasteiger partial charge is 0.269 e. The lowest BCUT2D eigenvalue weighted by atomic mass is 10.2. The Morgan fingerprint density at radius 2 is 1.78 bits per heavy atom. The highest BCUT2D eigenvalue weighted by Crippen LogP contribution is 2.27. The van der Waals surface area contributed by atoms with Gasteiger partial charge in [-0.1, -0.05) is 23.9 Å². The SMILES string of the molecule is COCc1nnc(SCc2ccc([N+](=O)[O-])cc2)n1-c1ccc(OC)cc1. The molecule has 0 N–H and O–H groups in total. The van der Waals surface area contributed by atoms with E-state index in [0.29, 0.717) is 23.3 Å². The number of hydrogen-bond donors (Lipinski definition) is 0. The van der Waals surface area contributed by atoms with Crippen molar-refractivity contribution in [2.24, 2.45) is 0 Å². The molecule has 3 rings (SSSR count). The molecule has 1 heterocycles. The fraction of sp³-hybridized carbons (Fsp3) is 0.222. The molecule has 1 aromatic heterocycles.